The zero-order chi connectivity index (χ0) is 14.3. The first kappa shape index (κ1) is 15.0. The van der Waals surface area contributed by atoms with Crippen LogP contribution < -0.4 is 10.1 Å². The van der Waals surface area contributed by atoms with Crippen molar-refractivity contribution < 1.29 is 19.1 Å². The van der Waals surface area contributed by atoms with Gasteiger partial charge in [-0.2, -0.15) is 0 Å². The van der Waals surface area contributed by atoms with Gasteiger partial charge in [0.05, 0.1) is 13.7 Å². The van der Waals surface area contributed by atoms with Gasteiger partial charge in [0.15, 0.2) is 0 Å². The topological polar surface area (TPSA) is 64.6 Å². The molecule has 0 bridgehead atoms. The van der Waals surface area contributed by atoms with Gasteiger partial charge in [0.2, 0.25) is 0 Å². The summed E-state index contributed by atoms with van der Waals surface area (Å²) in [5, 5.41) is 2.56. The Morgan fingerprint density at radius 1 is 1.26 bits per heavy atom. The highest BCUT2D eigenvalue weighted by Gasteiger charge is 2.16. The summed E-state index contributed by atoms with van der Waals surface area (Å²) in [5.74, 6) is -0.0735. The first-order chi connectivity index (χ1) is 9.08. The number of hydrogen-bond donors (Lipinski definition) is 1. The monoisotopic (exact) mass is 265 g/mol. The number of carbonyl (C=O) groups is 2. The molecule has 0 saturated heterocycles. The predicted molar refractivity (Wildman–Crippen MR) is 71.2 cm³/mol. The van der Waals surface area contributed by atoms with Gasteiger partial charge >= 0.3 is 5.97 Å². The highest BCUT2D eigenvalue weighted by atomic mass is 16.5. The second-order valence-corrected chi connectivity index (χ2v) is 4.09. The van der Waals surface area contributed by atoms with E-state index >= 15 is 0 Å². The normalized spacial score (nSPS) is 11.5. The molecule has 0 fully saturated rings. The number of methoxy groups -OCH3 is 1. The van der Waals surface area contributed by atoms with E-state index in [9.17, 15) is 9.59 Å². The molecular weight excluding hydrogens is 246 g/mol. The van der Waals surface area contributed by atoms with Crippen LogP contribution in [0.2, 0.25) is 0 Å². The lowest BCUT2D eigenvalue weighted by Crippen LogP contribution is -2.39. The van der Waals surface area contributed by atoms with Gasteiger partial charge in [-0.1, -0.05) is 6.92 Å². The van der Waals surface area contributed by atoms with Crippen LogP contribution in [0, 0.1) is 0 Å². The van der Waals surface area contributed by atoms with Crippen molar-refractivity contribution >= 4 is 11.9 Å². The molecule has 5 nitrogen and oxygen atoms in total. The van der Waals surface area contributed by atoms with Crippen LogP contribution in [-0.2, 0) is 9.53 Å². The highest BCUT2D eigenvalue weighted by Crippen LogP contribution is 2.12. The van der Waals surface area contributed by atoms with Gasteiger partial charge in [-0.05, 0) is 37.6 Å². The number of amides is 1. The third-order valence-electron chi connectivity index (χ3n) is 2.49. The quantitative estimate of drug-likeness (QED) is 0.796. The Bertz CT molecular complexity index is 428. The Hall–Kier alpha value is -2.04. The highest BCUT2D eigenvalue weighted by molar-refractivity contribution is 5.96. The zero-order valence-electron chi connectivity index (χ0n) is 11.4. The Kier molecular flexibility index (Phi) is 5.85. The van der Waals surface area contributed by atoms with Crippen LogP contribution in [0.3, 0.4) is 0 Å². The minimum atomic E-state index is -0.673. The molecule has 1 unspecified atom stereocenters. The van der Waals surface area contributed by atoms with E-state index in [-0.39, 0.29) is 5.91 Å². The number of benzene rings is 1. The maximum absolute atomic E-state index is 11.8. The molecule has 1 rings (SSSR count). The van der Waals surface area contributed by atoms with E-state index in [1.807, 2.05) is 6.92 Å². The van der Waals surface area contributed by atoms with Gasteiger partial charge in [-0.15, -0.1) is 0 Å². The van der Waals surface area contributed by atoms with E-state index in [0.29, 0.717) is 12.2 Å². The molecule has 104 valence electrons. The largest absolute Gasteiger partial charge is 0.494 e. The third-order valence-corrected chi connectivity index (χ3v) is 2.49. The number of hydrogen-bond acceptors (Lipinski definition) is 4. The molecular formula is C14H19NO4. The molecule has 1 N–H and O–H groups in total. The fourth-order valence-electron chi connectivity index (χ4n) is 1.44. The number of esters is 1. The first-order valence-corrected chi connectivity index (χ1v) is 6.20. The fraction of sp³-hybridized carbons (Fsp3) is 0.429. The van der Waals surface area contributed by atoms with Crippen molar-refractivity contribution in [2.75, 3.05) is 13.7 Å². The summed E-state index contributed by atoms with van der Waals surface area (Å²) in [5.41, 5.74) is 0.472. The van der Waals surface area contributed by atoms with Gasteiger partial charge in [0, 0.05) is 5.56 Å². The lowest BCUT2D eigenvalue weighted by Gasteiger charge is -2.11. The molecule has 0 radical (unpaired) electrons. The van der Waals surface area contributed by atoms with Crippen molar-refractivity contribution in [3.05, 3.63) is 29.8 Å². The van der Waals surface area contributed by atoms with Crippen LogP contribution in [-0.4, -0.2) is 31.6 Å². The van der Waals surface area contributed by atoms with Gasteiger partial charge < -0.3 is 14.8 Å². The summed E-state index contributed by atoms with van der Waals surface area (Å²) in [7, 11) is 1.28. The minimum absolute atomic E-state index is 0.319. The van der Waals surface area contributed by atoms with Crippen LogP contribution in [0.4, 0.5) is 0 Å². The van der Waals surface area contributed by atoms with Crippen molar-refractivity contribution in [1.29, 1.82) is 0 Å². The van der Waals surface area contributed by atoms with E-state index in [1.165, 1.54) is 7.11 Å². The predicted octanol–water partition coefficient (Wildman–Crippen LogP) is 1.77. The molecule has 0 aliphatic rings. The molecule has 1 atom stereocenters. The van der Waals surface area contributed by atoms with Crippen molar-refractivity contribution in [3.8, 4) is 5.75 Å². The minimum Gasteiger partial charge on any atom is -0.494 e. The Labute approximate surface area is 112 Å². The Balaban J connectivity index is 2.60. The van der Waals surface area contributed by atoms with Crippen LogP contribution in [0.15, 0.2) is 24.3 Å². The van der Waals surface area contributed by atoms with Crippen LogP contribution in [0.25, 0.3) is 0 Å². The lowest BCUT2D eigenvalue weighted by atomic mass is 10.2. The van der Waals surface area contributed by atoms with Crippen LogP contribution in [0.1, 0.15) is 30.6 Å². The zero-order valence-corrected chi connectivity index (χ0v) is 11.4. The number of rotatable bonds is 6. The van der Waals surface area contributed by atoms with Crippen LogP contribution in [0.5, 0.6) is 5.75 Å². The Morgan fingerprint density at radius 2 is 1.89 bits per heavy atom. The van der Waals surface area contributed by atoms with E-state index < -0.39 is 12.0 Å². The molecule has 0 aromatic heterocycles. The molecule has 1 amide bonds. The first-order valence-electron chi connectivity index (χ1n) is 6.20. The van der Waals surface area contributed by atoms with Crippen molar-refractivity contribution in [1.82, 2.24) is 5.32 Å². The summed E-state index contributed by atoms with van der Waals surface area (Å²) in [4.78, 5) is 23.0. The molecule has 19 heavy (non-hydrogen) atoms. The van der Waals surface area contributed by atoms with Gasteiger partial charge in [0.1, 0.15) is 11.8 Å². The van der Waals surface area contributed by atoms with Crippen LogP contribution >= 0.6 is 0 Å². The van der Waals surface area contributed by atoms with Crippen molar-refractivity contribution in [2.45, 2.75) is 26.3 Å². The molecule has 1 aromatic carbocycles. The molecule has 0 saturated carbocycles. The van der Waals surface area contributed by atoms with E-state index in [1.54, 1.807) is 31.2 Å². The number of ether oxygens (including phenoxy) is 2. The van der Waals surface area contributed by atoms with E-state index in [4.69, 9.17) is 4.74 Å². The van der Waals surface area contributed by atoms with E-state index in [0.717, 1.165) is 12.2 Å². The van der Waals surface area contributed by atoms with Crippen molar-refractivity contribution in [2.24, 2.45) is 0 Å². The molecule has 1 aromatic rings. The maximum Gasteiger partial charge on any atom is 0.328 e. The SMILES string of the molecule is CCCOc1ccc(C(=O)NC(C)C(=O)OC)cc1. The molecule has 0 heterocycles. The molecule has 0 aliphatic carbocycles. The summed E-state index contributed by atoms with van der Waals surface area (Å²) in [6.45, 7) is 4.24. The average molecular weight is 265 g/mol. The standard InChI is InChI=1S/C14H19NO4/c1-4-9-19-12-7-5-11(6-8-12)13(16)15-10(2)14(17)18-3/h5-8,10H,4,9H2,1-3H3,(H,15,16). The Morgan fingerprint density at radius 3 is 2.42 bits per heavy atom. The fourth-order valence-corrected chi connectivity index (χ4v) is 1.44. The third kappa shape index (κ3) is 4.62. The van der Waals surface area contributed by atoms with E-state index in [2.05, 4.69) is 10.1 Å². The molecule has 0 spiro atoms. The summed E-state index contributed by atoms with van der Waals surface area (Å²) in [6.07, 6.45) is 0.929. The average Bonchev–Trinajstić information content (AvgIpc) is 2.44. The number of carbonyl (C=O) groups excluding carboxylic acids is 2. The summed E-state index contributed by atoms with van der Waals surface area (Å²) >= 11 is 0. The lowest BCUT2D eigenvalue weighted by molar-refractivity contribution is -0.142. The van der Waals surface area contributed by atoms with Gasteiger partial charge in [-0.3, -0.25) is 4.79 Å². The molecule has 0 aliphatic heterocycles. The summed E-state index contributed by atoms with van der Waals surface area (Å²) in [6, 6.07) is 6.10. The molecule has 5 heteroatoms. The van der Waals surface area contributed by atoms with Gasteiger partial charge in [0.25, 0.3) is 5.91 Å². The number of nitrogens with one attached hydrogen (secondary N) is 1. The second kappa shape index (κ2) is 7.41. The summed E-state index contributed by atoms with van der Waals surface area (Å²) < 4.78 is 9.96. The maximum atomic E-state index is 11.8. The van der Waals surface area contributed by atoms with Gasteiger partial charge in [-0.25, -0.2) is 4.79 Å². The van der Waals surface area contributed by atoms with Crippen molar-refractivity contribution in [3.63, 3.8) is 0 Å². The smallest absolute Gasteiger partial charge is 0.328 e. The second-order valence-electron chi connectivity index (χ2n) is 4.09.